The summed E-state index contributed by atoms with van der Waals surface area (Å²) in [4.78, 5) is 32.2. The fourth-order valence-corrected chi connectivity index (χ4v) is 7.03. The number of nitrogens with zero attached hydrogens (tertiary/aromatic N) is 3. The first kappa shape index (κ1) is 36.7. The van der Waals surface area contributed by atoms with Gasteiger partial charge in [0.1, 0.15) is 11.2 Å². The molecule has 9 nitrogen and oxygen atoms in total. The van der Waals surface area contributed by atoms with Crippen LogP contribution in [0.4, 0.5) is 9.59 Å². The summed E-state index contributed by atoms with van der Waals surface area (Å²) < 4.78 is 14.3. The van der Waals surface area contributed by atoms with Crippen molar-refractivity contribution in [3.05, 3.63) is 31.6 Å². The number of aromatic nitrogens is 2. The van der Waals surface area contributed by atoms with Crippen LogP contribution in [-0.2, 0) is 9.47 Å². The minimum absolute atomic E-state index is 0.226. The van der Waals surface area contributed by atoms with Gasteiger partial charge < -0.3 is 20.1 Å². The van der Waals surface area contributed by atoms with E-state index in [0.717, 1.165) is 55.2 Å². The van der Waals surface area contributed by atoms with Gasteiger partial charge in [-0.05, 0) is 109 Å². The molecule has 2 aliphatic rings. The Morgan fingerprint density at radius 1 is 0.881 bits per heavy atom. The predicted octanol–water partition coefficient (Wildman–Crippen LogP) is 8.33. The van der Waals surface area contributed by atoms with Crippen LogP contribution < -0.4 is 10.6 Å². The molecule has 2 aliphatic carbocycles. The summed E-state index contributed by atoms with van der Waals surface area (Å²) in [5.41, 5.74) is -0.864. The SMILES string of the molecule is CC(C)(C)OC(=O)NC1CCC(c2ncc(Br)s2)CC1.CC(C)(C)OC(=O)NC1CCC(c2nccs2)CC1.[B]=NS. The number of nitrogens with one attached hydrogen (secondary N) is 2. The van der Waals surface area contributed by atoms with Crippen molar-refractivity contribution in [2.24, 2.45) is 4.30 Å². The van der Waals surface area contributed by atoms with E-state index in [9.17, 15) is 9.59 Å². The van der Waals surface area contributed by atoms with Crippen molar-refractivity contribution in [2.45, 2.75) is 128 Å². The number of hydrogen-bond acceptors (Lipinski definition) is 10. The van der Waals surface area contributed by atoms with Gasteiger partial charge in [-0.3, -0.25) is 0 Å². The molecule has 0 spiro atoms. The van der Waals surface area contributed by atoms with Gasteiger partial charge in [0.15, 0.2) is 0 Å². The fourth-order valence-electron chi connectivity index (χ4n) is 4.81. The van der Waals surface area contributed by atoms with E-state index in [1.54, 1.807) is 22.7 Å². The van der Waals surface area contributed by atoms with Crippen LogP contribution in [0.25, 0.3) is 0 Å². The minimum atomic E-state index is -0.436. The van der Waals surface area contributed by atoms with E-state index in [1.807, 2.05) is 59.3 Å². The molecule has 233 valence electrons. The van der Waals surface area contributed by atoms with Crippen LogP contribution in [0.5, 0.6) is 0 Å². The van der Waals surface area contributed by atoms with Crippen LogP contribution in [0.2, 0.25) is 0 Å². The van der Waals surface area contributed by atoms with Gasteiger partial charge in [-0.15, -0.1) is 22.7 Å². The Hall–Kier alpha value is -1.51. The van der Waals surface area contributed by atoms with Crippen LogP contribution in [-0.4, -0.2) is 53.1 Å². The zero-order valence-electron chi connectivity index (χ0n) is 25.4. The van der Waals surface area contributed by atoms with Gasteiger partial charge in [0.05, 0.1) is 20.0 Å². The van der Waals surface area contributed by atoms with Crippen molar-refractivity contribution in [1.82, 2.24) is 20.6 Å². The summed E-state index contributed by atoms with van der Waals surface area (Å²) in [7, 11) is 4.34. The summed E-state index contributed by atoms with van der Waals surface area (Å²) in [6.45, 7) is 11.3. The second kappa shape index (κ2) is 17.7. The van der Waals surface area contributed by atoms with Crippen molar-refractivity contribution in [3.63, 3.8) is 0 Å². The summed E-state index contributed by atoms with van der Waals surface area (Å²) in [6.07, 6.45) is 11.4. The standard InChI is InChI=1S/C14H21BrN2O2S.C14H22N2O2S.BHNS/c1-14(2,3)19-13(18)17-10-6-4-9(5-7-10)12-16-8-11(15)20-12;1-14(2,3)18-13(17)16-11-6-4-10(5-7-11)12-15-8-9-19-12;1-2-3/h8-10H,4-7H2,1-3H3,(H,17,18);8-11H,4-7H2,1-3H3,(H,16,17);3H. The Labute approximate surface area is 273 Å². The molecule has 0 bridgehead atoms. The number of rotatable bonds is 4. The number of ether oxygens (including phenoxy) is 2. The van der Waals surface area contributed by atoms with Gasteiger partial charge in [-0.1, -0.05) is 0 Å². The quantitative estimate of drug-likeness (QED) is 0.218. The van der Waals surface area contributed by atoms with Crippen LogP contribution >= 0.6 is 51.4 Å². The first-order valence-electron chi connectivity index (χ1n) is 14.2. The summed E-state index contributed by atoms with van der Waals surface area (Å²) in [5.74, 6) is 1.10. The molecule has 2 heterocycles. The van der Waals surface area contributed by atoms with E-state index in [0.29, 0.717) is 11.8 Å². The van der Waals surface area contributed by atoms with Crippen LogP contribution in [0.15, 0.2) is 25.9 Å². The molecule has 1 radical (unpaired) electrons. The number of carbonyl (C=O) groups excluding carboxylic acids is 2. The number of thiol groups is 1. The third-order valence-corrected chi connectivity index (χ3v) is 9.12. The second-order valence-electron chi connectivity index (χ2n) is 12.4. The van der Waals surface area contributed by atoms with Gasteiger partial charge in [0.2, 0.25) is 0 Å². The topological polar surface area (TPSA) is 115 Å². The van der Waals surface area contributed by atoms with E-state index in [2.05, 4.69) is 61.3 Å². The second-order valence-corrected chi connectivity index (χ2v) is 16.0. The average molecular weight is 702 g/mol. The zero-order valence-corrected chi connectivity index (χ0v) is 29.5. The van der Waals surface area contributed by atoms with E-state index in [1.165, 1.54) is 10.0 Å². The molecule has 2 aromatic heterocycles. The Kier molecular flexibility index (Phi) is 15.5. The number of alkyl carbamates (subject to hydrolysis) is 2. The van der Waals surface area contributed by atoms with Crippen molar-refractivity contribution in [1.29, 1.82) is 0 Å². The molecule has 0 aromatic carbocycles. The monoisotopic (exact) mass is 700 g/mol. The predicted molar refractivity (Wildman–Crippen MR) is 178 cm³/mol. The van der Waals surface area contributed by atoms with E-state index < -0.39 is 11.2 Å². The van der Waals surface area contributed by atoms with E-state index in [4.69, 9.17) is 9.47 Å². The summed E-state index contributed by atoms with van der Waals surface area (Å²) in [6, 6.07) is 0.468. The normalized spacial score (nSPS) is 22.3. The number of halogens is 1. The third kappa shape index (κ3) is 14.8. The molecule has 2 amide bonds. The van der Waals surface area contributed by atoms with Crippen molar-refractivity contribution >= 4 is 71.2 Å². The molecule has 0 aliphatic heterocycles. The third-order valence-electron chi connectivity index (χ3n) is 6.54. The molecule has 2 N–H and O–H groups in total. The molecule has 0 atom stereocenters. The Bertz CT molecular complexity index is 1090. The first-order chi connectivity index (χ1) is 19.7. The van der Waals surface area contributed by atoms with Gasteiger partial charge in [0, 0.05) is 35.5 Å². The molecule has 0 saturated heterocycles. The van der Waals surface area contributed by atoms with Crippen molar-refractivity contribution in [2.75, 3.05) is 0 Å². The van der Waals surface area contributed by atoms with Crippen LogP contribution in [0.1, 0.15) is 115 Å². The molecule has 42 heavy (non-hydrogen) atoms. The van der Waals surface area contributed by atoms with Crippen molar-refractivity contribution in [3.8, 4) is 0 Å². The Morgan fingerprint density at radius 2 is 1.31 bits per heavy atom. The number of carbonyl (C=O) groups is 2. The number of amides is 2. The van der Waals surface area contributed by atoms with Gasteiger partial charge in [-0.25, -0.2) is 19.6 Å². The van der Waals surface area contributed by atoms with Crippen LogP contribution in [0.3, 0.4) is 0 Å². The Morgan fingerprint density at radius 3 is 1.64 bits per heavy atom. The first-order valence-corrected chi connectivity index (χ1v) is 17.1. The molecule has 2 aromatic rings. The zero-order chi connectivity index (χ0) is 31.3. The number of thiazole rings is 2. The average Bonchev–Trinajstić information content (AvgIpc) is 3.56. The Balaban J connectivity index is 0.000000269. The molecule has 2 fully saturated rings. The maximum atomic E-state index is 11.7. The van der Waals surface area contributed by atoms with Gasteiger partial charge in [-0.2, -0.15) is 0 Å². The maximum absolute atomic E-state index is 11.7. The van der Waals surface area contributed by atoms with E-state index in [-0.39, 0.29) is 24.3 Å². The fraction of sp³-hybridized carbons (Fsp3) is 0.714. The molecule has 0 unspecified atom stereocenters. The molecular weight excluding hydrogens is 657 g/mol. The molecule has 4 rings (SSSR count). The summed E-state index contributed by atoms with van der Waals surface area (Å²) in [5, 5.41) is 10.4. The van der Waals surface area contributed by atoms with Gasteiger partial charge >= 0.3 is 36.9 Å². The van der Waals surface area contributed by atoms with E-state index >= 15 is 0 Å². The number of hydrogen-bond donors (Lipinski definition) is 3. The van der Waals surface area contributed by atoms with Crippen molar-refractivity contribution < 1.29 is 19.1 Å². The molecule has 2 saturated carbocycles. The molecule has 14 heteroatoms. The summed E-state index contributed by atoms with van der Waals surface area (Å²) >= 11 is 10.1. The molecular formula is C28H44BBrN5O4S3. The van der Waals surface area contributed by atoms with Gasteiger partial charge in [0.25, 0.3) is 0 Å². The van der Waals surface area contributed by atoms with Crippen LogP contribution in [0, 0.1) is 0 Å².